The topological polar surface area (TPSA) is 81.2 Å². The summed E-state index contributed by atoms with van der Waals surface area (Å²) in [7, 11) is 0. The molecule has 1 aromatic rings. The number of halogens is 1. The zero-order valence-corrected chi connectivity index (χ0v) is 15.9. The van der Waals surface area contributed by atoms with Crippen molar-refractivity contribution in [3.8, 4) is 18.0 Å². The molecule has 136 valence electrons. The fraction of sp³-hybridized carbons (Fsp3) is 0.550. The minimum atomic E-state index is -0.792. The van der Waals surface area contributed by atoms with Crippen LogP contribution in [0.3, 0.4) is 0 Å². The van der Waals surface area contributed by atoms with E-state index < -0.39 is 5.60 Å². The molecule has 2 bridgehead atoms. The summed E-state index contributed by atoms with van der Waals surface area (Å²) in [4.78, 5) is 4.99. The molecule has 0 saturated heterocycles. The molecule has 1 aromatic carbocycles. The van der Waals surface area contributed by atoms with Gasteiger partial charge in [-0.25, -0.2) is 0 Å². The fourth-order valence-electron chi connectivity index (χ4n) is 3.95. The highest BCUT2D eigenvalue weighted by molar-refractivity contribution is 6.30. The quantitative estimate of drug-likeness (QED) is 0.364. The van der Waals surface area contributed by atoms with Crippen LogP contribution >= 0.6 is 11.6 Å². The molecule has 3 fully saturated rings. The number of aliphatic imine (C=N–C) groups is 1. The Balaban J connectivity index is 1.84. The average molecular weight is 371 g/mol. The molecule has 0 heterocycles. The van der Waals surface area contributed by atoms with E-state index in [0.717, 1.165) is 38.5 Å². The zero-order chi connectivity index (χ0) is 18.8. The molecule has 0 amide bonds. The summed E-state index contributed by atoms with van der Waals surface area (Å²) in [5, 5.41) is 22.1. The first kappa shape index (κ1) is 18.5. The lowest BCUT2D eigenvalue weighted by Crippen LogP contribution is -2.50. The van der Waals surface area contributed by atoms with Gasteiger partial charge in [0, 0.05) is 5.02 Å². The molecule has 0 spiro atoms. The van der Waals surface area contributed by atoms with Crippen molar-refractivity contribution in [1.29, 1.82) is 10.5 Å². The Morgan fingerprint density at radius 3 is 2.19 bits per heavy atom. The molecule has 1 N–H and O–H groups in total. The maximum atomic E-state index is 9.46. The summed E-state index contributed by atoms with van der Waals surface area (Å²) < 4.78 is 6.10. The van der Waals surface area contributed by atoms with E-state index in [-0.39, 0.29) is 11.0 Å². The van der Waals surface area contributed by atoms with Crippen LogP contribution in [0.2, 0.25) is 5.02 Å². The molecule has 26 heavy (non-hydrogen) atoms. The van der Waals surface area contributed by atoms with Gasteiger partial charge in [-0.05, 0) is 76.6 Å². The third-order valence-corrected chi connectivity index (χ3v) is 5.98. The number of benzene rings is 1. The first-order valence-corrected chi connectivity index (χ1v) is 9.31. The molecule has 0 unspecified atom stereocenters. The molecule has 3 aliphatic rings. The lowest BCUT2D eigenvalue weighted by atomic mass is 9.58. The van der Waals surface area contributed by atoms with Crippen LogP contribution in [-0.4, -0.2) is 17.0 Å². The van der Waals surface area contributed by atoms with Crippen LogP contribution in [-0.2, 0) is 0 Å². The van der Waals surface area contributed by atoms with E-state index in [4.69, 9.17) is 21.3 Å². The van der Waals surface area contributed by atoms with Gasteiger partial charge in [0.05, 0.1) is 17.0 Å². The predicted molar refractivity (Wildman–Crippen MR) is 101 cm³/mol. The second-order valence-corrected chi connectivity index (χ2v) is 8.32. The molecular formula is C20H23ClN4O. The van der Waals surface area contributed by atoms with Crippen molar-refractivity contribution < 1.29 is 4.74 Å². The highest BCUT2D eigenvalue weighted by Gasteiger charge is 2.49. The number of hydrogen-bond donors (Lipinski definition) is 1. The maximum Gasteiger partial charge on any atom is 0.182 e. The summed E-state index contributed by atoms with van der Waals surface area (Å²) in [6, 6.07) is 9.65. The lowest BCUT2D eigenvalue weighted by Gasteiger charge is -2.48. The number of nitriles is 2. The third-order valence-electron chi connectivity index (χ3n) is 5.72. The third kappa shape index (κ3) is 3.64. The van der Waals surface area contributed by atoms with Crippen molar-refractivity contribution in [2.75, 3.05) is 0 Å². The number of fused-ring (bicyclic) bond motifs is 3. The van der Waals surface area contributed by atoms with Gasteiger partial charge in [-0.1, -0.05) is 11.6 Å². The van der Waals surface area contributed by atoms with Crippen molar-refractivity contribution in [3.63, 3.8) is 0 Å². The van der Waals surface area contributed by atoms with Gasteiger partial charge in [0.15, 0.2) is 17.6 Å². The monoisotopic (exact) mass is 370 g/mol. The van der Waals surface area contributed by atoms with Gasteiger partial charge < -0.3 is 4.74 Å². The van der Waals surface area contributed by atoms with E-state index in [1.54, 1.807) is 24.3 Å². The van der Waals surface area contributed by atoms with Gasteiger partial charge in [-0.3, -0.25) is 10.3 Å². The van der Waals surface area contributed by atoms with Crippen molar-refractivity contribution in [3.05, 3.63) is 29.3 Å². The van der Waals surface area contributed by atoms with E-state index >= 15 is 0 Å². The number of nitrogens with zero attached hydrogens (tertiary/aromatic N) is 3. The van der Waals surface area contributed by atoms with Gasteiger partial charge in [0.1, 0.15) is 5.75 Å². The molecule has 5 nitrogen and oxygen atoms in total. The molecule has 3 aliphatic carbocycles. The minimum absolute atomic E-state index is 0.157. The maximum absolute atomic E-state index is 9.46. The first-order chi connectivity index (χ1) is 12.3. The first-order valence-electron chi connectivity index (χ1n) is 8.93. The van der Waals surface area contributed by atoms with Crippen LogP contribution in [0.4, 0.5) is 0 Å². The lowest BCUT2D eigenvalue weighted by molar-refractivity contribution is 0.0892. The molecule has 0 atom stereocenters. The summed E-state index contributed by atoms with van der Waals surface area (Å²) in [6.45, 7) is 3.79. The molecule has 3 saturated carbocycles. The number of nitrogens with one attached hydrogen (secondary N) is 1. The normalized spacial score (nSPS) is 28.1. The van der Waals surface area contributed by atoms with Crippen LogP contribution < -0.4 is 10.1 Å². The van der Waals surface area contributed by atoms with Gasteiger partial charge in [0.2, 0.25) is 0 Å². The highest BCUT2D eigenvalue weighted by atomic mass is 35.5. The van der Waals surface area contributed by atoms with Crippen molar-refractivity contribution >= 4 is 17.4 Å². The van der Waals surface area contributed by atoms with E-state index in [9.17, 15) is 10.5 Å². The van der Waals surface area contributed by atoms with Crippen molar-refractivity contribution in [1.82, 2.24) is 5.32 Å². The zero-order valence-electron chi connectivity index (χ0n) is 15.2. The molecule has 6 heteroatoms. The summed E-state index contributed by atoms with van der Waals surface area (Å²) in [5.41, 5.74) is -1.15. The highest BCUT2D eigenvalue weighted by Crippen LogP contribution is 2.53. The second kappa shape index (κ2) is 6.82. The van der Waals surface area contributed by atoms with Crippen LogP contribution in [0.1, 0.15) is 52.4 Å². The smallest absolute Gasteiger partial charge is 0.182 e. The van der Waals surface area contributed by atoms with Crippen LogP contribution in [0.25, 0.3) is 0 Å². The SMILES string of the molecule is CC(C)(Oc1ccc(Cl)cc1)C(=NC12CCC(C#N)(CC1)CC2)NC#N. The van der Waals surface area contributed by atoms with E-state index in [1.807, 2.05) is 20.0 Å². The van der Waals surface area contributed by atoms with E-state index in [1.165, 1.54) is 0 Å². The minimum Gasteiger partial charge on any atom is -0.480 e. The molecule has 0 aromatic heterocycles. The average Bonchev–Trinajstić information content (AvgIpc) is 2.65. The van der Waals surface area contributed by atoms with Gasteiger partial charge in [-0.2, -0.15) is 10.5 Å². The van der Waals surface area contributed by atoms with E-state index in [0.29, 0.717) is 16.6 Å². The van der Waals surface area contributed by atoms with Crippen LogP contribution in [0.5, 0.6) is 5.75 Å². The van der Waals surface area contributed by atoms with E-state index in [2.05, 4.69) is 11.4 Å². The van der Waals surface area contributed by atoms with Crippen LogP contribution in [0.15, 0.2) is 29.3 Å². The molecule has 0 radical (unpaired) electrons. The fourth-order valence-corrected chi connectivity index (χ4v) is 4.08. The van der Waals surface area contributed by atoms with Crippen molar-refractivity contribution in [2.24, 2.45) is 10.4 Å². The number of ether oxygens (including phenoxy) is 1. The molecule has 0 aliphatic heterocycles. The Kier molecular flexibility index (Phi) is 4.86. The Labute approximate surface area is 159 Å². The molecule has 4 rings (SSSR count). The van der Waals surface area contributed by atoms with Gasteiger partial charge in [-0.15, -0.1) is 0 Å². The Hall–Kier alpha value is -2.24. The summed E-state index contributed by atoms with van der Waals surface area (Å²) in [6.07, 6.45) is 7.29. The number of rotatable bonds is 4. The van der Waals surface area contributed by atoms with Crippen LogP contribution in [0, 0.1) is 28.2 Å². The number of amidine groups is 1. The Morgan fingerprint density at radius 1 is 1.12 bits per heavy atom. The standard InChI is InChI=1S/C20H23ClN4O/c1-18(2,26-16-5-3-15(21)4-6-16)17(24-14-23)25-20-10-7-19(13-22,8-11-20)9-12-20/h3-6H,7-12H2,1-2H3,(H,24,25). The Morgan fingerprint density at radius 2 is 1.69 bits per heavy atom. The van der Waals surface area contributed by atoms with Gasteiger partial charge >= 0.3 is 0 Å². The Bertz CT molecular complexity index is 761. The number of hydrogen-bond acceptors (Lipinski definition) is 4. The summed E-state index contributed by atoms with van der Waals surface area (Å²) in [5.74, 6) is 1.20. The molecular weight excluding hydrogens is 348 g/mol. The second-order valence-electron chi connectivity index (χ2n) is 7.88. The summed E-state index contributed by atoms with van der Waals surface area (Å²) >= 11 is 5.93. The van der Waals surface area contributed by atoms with Crippen molar-refractivity contribution in [2.45, 2.75) is 63.5 Å². The predicted octanol–water partition coefficient (Wildman–Crippen LogP) is 4.58. The van der Waals surface area contributed by atoms with Gasteiger partial charge in [0.25, 0.3) is 0 Å². The largest absolute Gasteiger partial charge is 0.480 e.